The molecule has 1 rings (SSSR count). The molecule has 1 aromatic heterocycles. The van der Waals surface area contributed by atoms with Crippen LogP contribution in [0, 0.1) is 12.8 Å². The van der Waals surface area contributed by atoms with Crippen LogP contribution in [0.4, 0.5) is 0 Å². The lowest BCUT2D eigenvalue weighted by Crippen LogP contribution is -2.14. The van der Waals surface area contributed by atoms with Gasteiger partial charge < -0.3 is 0 Å². The van der Waals surface area contributed by atoms with E-state index in [0.717, 1.165) is 23.6 Å². The van der Waals surface area contributed by atoms with Crippen LogP contribution in [0.3, 0.4) is 0 Å². The summed E-state index contributed by atoms with van der Waals surface area (Å²) in [5.41, 5.74) is 2.09. The number of nitrogens with zero attached hydrogens (tertiary/aromatic N) is 2. The minimum absolute atomic E-state index is 0.148. The zero-order valence-corrected chi connectivity index (χ0v) is 11.5. The van der Waals surface area contributed by atoms with E-state index in [-0.39, 0.29) is 5.38 Å². The van der Waals surface area contributed by atoms with Crippen LogP contribution in [0.15, 0.2) is 6.07 Å². The summed E-state index contributed by atoms with van der Waals surface area (Å²) < 4.78 is 0. The summed E-state index contributed by atoms with van der Waals surface area (Å²) >= 11 is 6.27. The maximum Gasteiger partial charge on any atom is 0.131 e. The number of hydrogen-bond acceptors (Lipinski definition) is 2. The average Bonchev–Trinajstić information content (AvgIpc) is 2.16. The number of aryl methyl sites for hydroxylation is 1. The van der Waals surface area contributed by atoms with Crippen molar-refractivity contribution in [2.45, 2.75) is 52.3 Å². The predicted molar refractivity (Wildman–Crippen MR) is 69.0 cm³/mol. The van der Waals surface area contributed by atoms with Gasteiger partial charge in [-0.1, -0.05) is 27.7 Å². The number of hydrogen-bond donors (Lipinski definition) is 0. The second kappa shape index (κ2) is 5.62. The lowest BCUT2D eigenvalue weighted by Gasteiger charge is -2.14. The van der Waals surface area contributed by atoms with Gasteiger partial charge in [0.25, 0.3) is 0 Å². The van der Waals surface area contributed by atoms with Crippen LogP contribution in [-0.2, 0) is 6.42 Å². The van der Waals surface area contributed by atoms with Crippen LogP contribution in [-0.4, -0.2) is 15.3 Å². The average molecular weight is 241 g/mol. The Morgan fingerprint density at radius 2 is 1.81 bits per heavy atom. The molecule has 1 atom stereocenters. The van der Waals surface area contributed by atoms with Crippen molar-refractivity contribution in [2.24, 2.45) is 5.92 Å². The maximum absolute atomic E-state index is 6.27. The third kappa shape index (κ3) is 3.75. The third-order valence-corrected chi connectivity index (χ3v) is 3.23. The highest BCUT2D eigenvalue weighted by molar-refractivity contribution is 6.20. The number of aromatic nitrogens is 2. The first-order valence-corrected chi connectivity index (χ1v) is 6.32. The van der Waals surface area contributed by atoms with Crippen LogP contribution in [0.25, 0.3) is 0 Å². The predicted octanol–water partition coefficient (Wildman–Crippen LogP) is 3.71. The molecule has 1 aromatic rings. The molecule has 0 aliphatic heterocycles. The number of halogens is 1. The smallest absolute Gasteiger partial charge is 0.131 e. The van der Waals surface area contributed by atoms with Crippen molar-refractivity contribution >= 4 is 11.6 Å². The molecule has 0 bridgehead atoms. The molecule has 0 saturated heterocycles. The van der Waals surface area contributed by atoms with Gasteiger partial charge in [-0.3, -0.25) is 0 Å². The normalized spacial score (nSPS) is 13.5. The SMILES string of the molecule is Cc1cc(CC(Cl)C(C)C)nc(C(C)C)n1. The van der Waals surface area contributed by atoms with Crippen molar-refractivity contribution in [3.05, 3.63) is 23.3 Å². The van der Waals surface area contributed by atoms with Gasteiger partial charge in [0.05, 0.1) is 0 Å². The molecule has 3 heteroatoms. The summed E-state index contributed by atoms with van der Waals surface area (Å²) in [5.74, 6) is 1.76. The fraction of sp³-hybridized carbons (Fsp3) is 0.692. The van der Waals surface area contributed by atoms with Crippen LogP contribution in [0.2, 0.25) is 0 Å². The molecule has 16 heavy (non-hydrogen) atoms. The number of rotatable bonds is 4. The van der Waals surface area contributed by atoms with Crippen LogP contribution in [0.1, 0.15) is 50.8 Å². The van der Waals surface area contributed by atoms with Gasteiger partial charge in [0, 0.05) is 29.1 Å². The van der Waals surface area contributed by atoms with Crippen molar-refractivity contribution in [3.8, 4) is 0 Å². The van der Waals surface area contributed by atoms with E-state index < -0.39 is 0 Å². The van der Waals surface area contributed by atoms with Gasteiger partial charge in [0.1, 0.15) is 5.82 Å². The maximum atomic E-state index is 6.27. The second-order valence-electron chi connectivity index (χ2n) is 4.98. The van der Waals surface area contributed by atoms with E-state index in [1.807, 2.05) is 13.0 Å². The minimum atomic E-state index is 0.148. The van der Waals surface area contributed by atoms with Gasteiger partial charge in [0.15, 0.2) is 0 Å². The first-order valence-electron chi connectivity index (χ1n) is 5.88. The first kappa shape index (κ1) is 13.4. The molecule has 0 saturated carbocycles. The Hall–Kier alpha value is -0.630. The fourth-order valence-electron chi connectivity index (χ4n) is 1.46. The Balaban J connectivity index is 2.88. The van der Waals surface area contributed by atoms with E-state index in [2.05, 4.69) is 37.7 Å². The molecule has 2 nitrogen and oxygen atoms in total. The molecule has 1 unspecified atom stereocenters. The highest BCUT2D eigenvalue weighted by Crippen LogP contribution is 2.17. The Labute approximate surface area is 103 Å². The van der Waals surface area contributed by atoms with Gasteiger partial charge >= 0.3 is 0 Å². The zero-order chi connectivity index (χ0) is 12.3. The molecule has 0 aromatic carbocycles. The van der Waals surface area contributed by atoms with E-state index in [9.17, 15) is 0 Å². The van der Waals surface area contributed by atoms with Crippen molar-refractivity contribution < 1.29 is 0 Å². The second-order valence-corrected chi connectivity index (χ2v) is 5.54. The Kier molecular flexibility index (Phi) is 4.72. The van der Waals surface area contributed by atoms with Crippen molar-refractivity contribution in [1.29, 1.82) is 0 Å². The summed E-state index contributed by atoms with van der Waals surface area (Å²) in [4.78, 5) is 8.99. The highest BCUT2D eigenvalue weighted by Gasteiger charge is 2.13. The summed E-state index contributed by atoms with van der Waals surface area (Å²) in [6.45, 7) is 10.5. The molecule has 0 spiro atoms. The highest BCUT2D eigenvalue weighted by atomic mass is 35.5. The van der Waals surface area contributed by atoms with Crippen molar-refractivity contribution in [3.63, 3.8) is 0 Å². The van der Waals surface area contributed by atoms with Gasteiger partial charge in [-0.05, 0) is 18.9 Å². The van der Waals surface area contributed by atoms with E-state index in [1.165, 1.54) is 0 Å². The van der Waals surface area contributed by atoms with Crippen LogP contribution >= 0.6 is 11.6 Å². The Morgan fingerprint density at radius 3 is 2.31 bits per heavy atom. The summed E-state index contributed by atoms with van der Waals surface area (Å²) in [6.07, 6.45) is 0.822. The molecular formula is C13H21ClN2. The zero-order valence-electron chi connectivity index (χ0n) is 10.8. The summed E-state index contributed by atoms with van der Waals surface area (Å²) in [7, 11) is 0. The van der Waals surface area contributed by atoms with Crippen LogP contribution in [0.5, 0.6) is 0 Å². The van der Waals surface area contributed by atoms with E-state index in [0.29, 0.717) is 11.8 Å². The van der Waals surface area contributed by atoms with Gasteiger partial charge in [-0.25, -0.2) is 9.97 Å². The van der Waals surface area contributed by atoms with Gasteiger partial charge in [-0.2, -0.15) is 0 Å². The first-order chi connectivity index (χ1) is 7.40. The molecule has 1 heterocycles. The molecule has 0 aliphatic rings. The quantitative estimate of drug-likeness (QED) is 0.750. The van der Waals surface area contributed by atoms with Crippen molar-refractivity contribution in [2.75, 3.05) is 0 Å². The third-order valence-electron chi connectivity index (χ3n) is 2.57. The van der Waals surface area contributed by atoms with E-state index in [1.54, 1.807) is 0 Å². The standard InChI is InChI=1S/C13H21ClN2/c1-8(2)12(14)7-11-6-10(5)15-13(16-11)9(3)4/h6,8-9,12H,7H2,1-5H3. The van der Waals surface area contributed by atoms with E-state index in [4.69, 9.17) is 11.6 Å². The van der Waals surface area contributed by atoms with E-state index >= 15 is 0 Å². The monoisotopic (exact) mass is 240 g/mol. The lowest BCUT2D eigenvalue weighted by molar-refractivity contribution is 0.587. The molecular weight excluding hydrogens is 220 g/mol. The molecule has 90 valence electrons. The fourth-order valence-corrected chi connectivity index (χ4v) is 1.61. The molecule has 0 aliphatic carbocycles. The molecule has 0 N–H and O–H groups in total. The molecule has 0 amide bonds. The summed E-state index contributed by atoms with van der Waals surface area (Å²) in [5, 5.41) is 0.148. The topological polar surface area (TPSA) is 25.8 Å². The lowest BCUT2D eigenvalue weighted by atomic mass is 10.0. The Morgan fingerprint density at radius 1 is 1.19 bits per heavy atom. The van der Waals surface area contributed by atoms with Crippen molar-refractivity contribution in [1.82, 2.24) is 9.97 Å². The van der Waals surface area contributed by atoms with Gasteiger partial charge in [-0.15, -0.1) is 11.6 Å². The minimum Gasteiger partial charge on any atom is -0.238 e. The molecule has 0 fully saturated rings. The summed E-state index contributed by atoms with van der Waals surface area (Å²) in [6, 6.07) is 2.03. The van der Waals surface area contributed by atoms with Crippen LogP contribution < -0.4 is 0 Å². The Bertz CT molecular complexity index is 348. The number of alkyl halides is 1. The van der Waals surface area contributed by atoms with Gasteiger partial charge in [0.2, 0.25) is 0 Å². The largest absolute Gasteiger partial charge is 0.238 e. The molecule has 0 radical (unpaired) electrons.